The molecule has 0 aromatic rings. The number of hydrogen-bond acceptors (Lipinski definition) is 2. The van der Waals surface area contributed by atoms with Crippen molar-refractivity contribution in [2.75, 3.05) is 0 Å². The van der Waals surface area contributed by atoms with Gasteiger partial charge in [-0.15, -0.1) is 0 Å². The third kappa shape index (κ3) is 1.20. The maximum atomic E-state index is 10.8. The molecular formula is C8H11O2. The Morgan fingerprint density at radius 2 is 2.20 bits per heavy atom. The van der Waals surface area contributed by atoms with Crippen LogP contribution in [0.25, 0.3) is 0 Å². The van der Waals surface area contributed by atoms with Gasteiger partial charge in [0.15, 0.2) is 0 Å². The monoisotopic (exact) mass is 139 g/mol. The fraction of sp³-hybridized carbons (Fsp3) is 0.625. The van der Waals surface area contributed by atoms with Gasteiger partial charge in [0.05, 0.1) is 0 Å². The van der Waals surface area contributed by atoms with Crippen molar-refractivity contribution in [3.63, 3.8) is 0 Å². The zero-order valence-electron chi connectivity index (χ0n) is 6.47. The van der Waals surface area contributed by atoms with Gasteiger partial charge in [0.2, 0.25) is 0 Å². The van der Waals surface area contributed by atoms with Gasteiger partial charge in [0.1, 0.15) is 6.10 Å². The normalized spacial score (nSPS) is 25.0. The highest BCUT2D eigenvalue weighted by Crippen LogP contribution is 2.17. The minimum Gasteiger partial charge on any atom is -0.454 e. The number of carbonyl (C=O) groups excluding carboxylic acids is 1. The van der Waals surface area contributed by atoms with Gasteiger partial charge in [-0.1, -0.05) is 13.8 Å². The number of ether oxygens (including phenoxy) is 1. The van der Waals surface area contributed by atoms with Crippen molar-refractivity contribution in [2.45, 2.75) is 26.9 Å². The summed E-state index contributed by atoms with van der Waals surface area (Å²) in [6.45, 7) is 5.73. The standard InChI is InChI=1S/C8H11O2/c1-5(2)7-4-6(3)8(9)10-7/h5,7H,1-3H3. The molecule has 0 amide bonds. The lowest BCUT2D eigenvalue weighted by molar-refractivity contribution is -0.141. The Labute approximate surface area is 60.9 Å². The molecule has 1 atom stereocenters. The second kappa shape index (κ2) is 2.45. The first kappa shape index (κ1) is 7.32. The molecule has 2 heteroatoms. The van der Waals surface area contributed by atoms with E-state index in [4.69, 9.17) is 4.74 Å². The molecule has 0 fully saturated rings. The summed E-state index contributed by atoms with van der Waals surface area (Å²) in [5, 5.41) is 0. The Morgan fingerprint density at radius 1 is 1.60 bits per heavy atom. The molecule has 0 bridgehead atoms. The van der Waals surface area contributed by atoms with Gasteiger partial charge in [-0.2, -0.15) is 0 Å². The van der Waals surface area contributed by atoms with E-state index in [9.17, 15) is 4.79 Å². The third-order valence-corrected chi connectivity index (χ3v) is 1.50. The summed E-state index contributed by atoms with van der Waals surface area (Å²) in [5.74, 6) is 0.111. The predicted molar refractivity (Wildman–Crippen MR) is 37.1 cm³/mol. The van der Waals surface area contributed by atoms with E-state index < -0.39 is 0 Å². The van der Waals surface area contributed by atoms with Crippen LogP contribution in [-0.2, 0) is 9.53 Å². The molecule has 0 aromatic heterocycles. The van der Waals surface area contributed by atoms with Gasteiger partial charge in [-0.05, 0) is 12.8 Å². The minimum absolute atomic E-state index is 0.118. The van der Waals surface area contributed by atoms with Crippen molar-refractivity contribution in [3.05, 3.63) is 11.6 Å². The van der Waals surface area contributed by atoms with E-state index in [-0.39, 0.29) is 12.1 Å². The highest BCUT2D eigenvalue weighted by molar-refractivity contribution is 5.89. The Bertz CT molecular complexity index is 180. The molecule has 0 aliphatic carbocycles. The van der Waals surface area contributed by atoms with Crippen molar-refractivity contribution in [1.82, 2.24) is 0 Å². The van der Waals surface area contributed by atoms with Gasteiger partial charge < -0.3 is 4.74 Å². The quantitative estimate of drug-likeness (QED) is 0.512. The van der Waals surface area contributed by atoms with Crippen molar-refractivity contribution in [1.29, 1.82) is 0 Å². The van der Waals surface area contributed by atoms with Crippen LogP contribution in [0, 0.1) is 12.0 Å². The summed E-state index contributed by atoms with van der Waals surface area (Å²) < 4.78 is 4.95. The average Bonchev–Trinajstić information content (AvgIpc) is 2.13. The average molecular weight is 139 g/mol. The molecule has 0 N–H and O–H groups in total. The van der Waals surface area contributed by atoms with Crippen molar-refractivity contribution in [2.24, 2.45) is 5.92 Å². The maximum absolute atomic E-state index is 10.8. The Hall–Kier alpha value is -0.790. The molecule has 2 nitrogen and oxygen atoms in total. The summed E-state index contributed by atoms with van der Waals surface area (Å²) >= 11 is 0. The first-order valence-corrected chi connectivity index (χ1v) is 3.42. The molecule has 0 aromatic carbocycles. The highest BCUT2D eigenvalue weighted by atomic mass is 16.5. The Morgan fingerprint density at radius 3 is 2.40 bits per heavy atom. The van der Waals surface area contributed by atoms with Gasteiger partial charge in [0, 0.05) is 11.6 Å². The molecule has 1 aliphatic rings. The molecular weight excluding hydrogens is 128 g/mol. The van der Waals surface area contributed by atoms with Gasteiger partial charge in [0.25, 0.3) is 0 Å². The van der Waals surface area contributed by atoms with E-state index in [1.54, 1.807) is 6.92 Å². The van der Waals surface area contributed by atoms with E-state index in [0.29, 0.717) is 11.5 Å². The summed E-state index contributed by atoms with van der Waals surface area (Å²) in [4.78, 5) is 10.8. The van der Waals surface area contributed by atoms with Crippen LogP contribution in [0.5, 0.6) is 0 Å². The van der Waals surface area contributed by atoms with Crippen LogP contribution in [0.3, 0.4) is 0 Å². The summed E-state index contributed by atoms with van der Waals surface area (Å²) in [5.41, 5.74) is 0.610. The number of esters is 1. The van der Waals surface area contributed by atoms with Crippen molar-refractivity contribution in [3.8, 4) is 0 Å². The molecule has 1 rings (SSSR count). The molecule has 1 unspecified atom stereocenters. The first-order chi connectivity index (χ1) is 4.61. The fourth-order valence-electron chi connectivity index (χ4n) is 0.808. The smallest absolute Gasteiger partial charge is 0.334 e. The number of hydrogen-bond donors (Lipinski definition) is 0. The second-order valence-electron chi connectivity index (χ2n) is 2.84. The first-order valence-electron chi connectivity index (χ1n) is 3.42. The van der Waals surface area contributed by atoms with Crippen LogP contribution >= 0.6 is 0 Å². The number of cyclic esters (lactones) is 1. The van der Waals surface area contributed by atoms with E-state index in [1.165, 1.54) is 0 Å². The van der Waals surface area contributed by atoms with Crippen molar-refractivity contribution < 1.29 is 9.53 Å². The molecule has 55 valence electrons. The van der Waals surface area contributed by atoms with Gasteiger partial charge in [-0.3, -0.25) is 0 Å². The van der Waals surface area contributed by atoms with E-state index in [2.05, 4.69) is 6.08 Å². The summed E-state index contributed by atoms with van der Waals surface area (Å²) in [7, 11) is 0. The molecule has 1 radical (unpaired) electrons. The van der Waals surface area contributed by atoms with E-state index in [0.717, 1.165) is 0 Å². The fourth-order valence-corrected chi connectivity index (χ4v) is 0.808. The zero-order valence-corrected chi connectivity index (χ0v) is 6.47. The lowest BCUT2D eigenvalue weighted by Gasteiger charge is -2.10. The van der Waals surface area contributed by atoms with Crippen LogP contribution in [0.4, 0.5) is 0 Å². The molecule has 1 heterocycles. The SMILES string of the molecule is CC1=[C]C(C(C)C)OC1=O. The zero-order chi connectivity index (χ0) is 7.72. The van der Waals surface area contributed by atoms with Crippen LogP contribution in [0.1, 0.15) is 20.8 Å². The van der Waals surface area contributed by atoms with E-state index >= 15 is 0 Å². The molecule has 0 saturated heterocycles. The second-order valence-corrected chi connectivity index (χ2v) is 2.84. The highest BCUT2D eigenvalue weighted by Gasteiger charge is 2.24. The van der Waals surface area contributed by atoms with Crippen LogP contribution < -0.4 is 0 Å². The van der Waals surface area contributed by atoms with Crippen LogP contribution in [0.2, 0.25) is 0 Å². The molecule has 0 spiro atoms. The van der Waals surface area contributed by atoms with Crippen LogP contribution in [0.15, 0.2) is 5.57 Å². The molecule has 1 aliphatic heterocycles. The molecule has 10 heavy (non-hydrogen) atoms. The number of rotatable bonds is 1. The van der Waals surface area contributed by atoms with Gasteiger partial charge in [-0.25, -0.2) is 4.79 Å². The predicted octanol–water partition coefficient (Wildman–Crippen LogP) is 1.32. The molecule has 0 saturated carbocycles. The minimum atomic E-state index is -0.223. The lowest BCUT2D eigenvalue weighted by atomic mass is 10.1. The third-order valence-electron chi connectivity index (χ3n) is 1.50. The largest absolute Gasteiger partial charge is 0.454 e. The summed E-state index contributed by atoms with van der Waals surface area (Å²) in [6, 6.07) is 0. The van der Waals surface area contributed by atoms with Crippen molar-refractivity contribution >= 4 is 5.97 Å². The maximum Gasteiger partial charge on any atom is 0.334 e. The van der Waals surface area contributed by atoms with E-state index in [1.807, 2.05) is 13.8 Å². The Kier molecular flexibility index (Phi) is 1.79. The topological polar surface area (TPSA) is 26.3 Å². The van der Waals surface area contributed by atoms with Gasteiger partial charge >= 0.3 is 5.97 Å². The van der Waals surface area contributed by atoms with Crippen LogP contribution in [-0.4, -0.2) is 12.1 Å². The number of carbonyl (C=O) groups is 1. The lowest BCUT2D eigenvalue weighted by Crippen LogP contribution is -2.14. The Balaban J connectivity index is 2.65. The summed E-state index contributed by atoms with van der Waals surface area (Å²) in [6.07, 6.45) is 2.83.